The second-order valence-corrected chi connectivity index (χ2v) is 6.48. The van der Waals surface area contributed by atoms with Crippen LogP contribution in [0.5, 0.6) is 0 Å². The highest BCUT2D eigenvalue weighted by Crippen LogP contribution is 2.36. The summed E-state index contributed by atoms with van der Waals surface area (Å²) in [4.78, 5) is 11.2. The Morgan fingerprint density at radius 2 is 1.62 bits per heavy atom. The molecule has 24 heavy (non-hydrogen) atoms. The molecule has 0 amide bonds. The third kappa shape index (κ3) is 2.29. The van der Waals surface area contributed by atoms with Gasteiger partial charge in [-0.05, 0) is 23.8 Å². The highest BCUT2D eigenvalue weighted by molar-refractivity contribution is 9.10. The minimum Gasteiger partial charge on any atom is -0.336 e. The number of para-hydroxylation sites is 1. The van der Waals surface area contributed by atoms with Crippen LogP contribution in [0.2, 0.25) is 0 Å². The Balaban J connectivity index is 2.06. The quantitative estimate of drug-likeness (QED) is 0.347. The molecule has 5 heteroatoms. The molecule has 0 atom stereocenters. The van der Waals surface area contributed by atoms with E-state index < -0.39 is 0 Å². The third-order valence-corrected chi connectivity index (χ3v) is 5.03. The molecule has 0 saturated heterocycles. The molecule has 0 bridgehead atoms. The Morgan fingerprint density at radius 3 is 2.42 bits per heavy atom. The molecule has 0 unspecified atom stereocenters. The van der Waals surface area contributed by atoms with Crippen molar-refractivity contribution in [2.45, 2.75) is 6.54 Å². The van der Waals surface area contributed by atoms with Crippen molar-refractivity contribution >= 4 is 43.4 Å². The van der Waals surface area contributed by atoms with Crippen molar-refractivity contribution in [3.8, 4) is 0 Å². The van der Waals surface area contributed by atoms with Crippen molar-refractivity contribution in [3.05, 3.63) is 86.9 Å². The molecule has 1 heterocycles. The van der Waals surface area contributed by atoms with Crippen molar-refractivity contribution < 1.29 is 4.92 Å². The highest BCUT2D eigenvalue weighted by Gasteiger charge is 2.19. The summed E-state index contributed by atoms with van der Waals surface area (Å²) < 4.78 is 3.17. The van der Waals surface area contributed by atoms with Gasteiger partial charge in [-0.2, -0.15) is 0 Å². The van der Waals surface area contributed by atoms with E-state index in [1.165, 1.54) is 0 Å². The van der Waals surface area contributed by atoms with E-state index >= 15 is 0 Å². The van der Waals surface area contributed by atoms with Gasteiger partial charge in [0.2, 0.25) is 0 Å². The monoisotopic (exact) mass is 380 g/mol. The molecule has 0 fully saturated rings. The minimum absolute atomic E-state index is 0.148. The van der Waals surface area contributed by atoms with Gasteiger partial charge < -0.3 is 4.57 Å². The number of aromatic nitrogens is 1. The van der Waals surface area contributed by atoms with Crippen LogP contribution < -0.4 is 0 Å². The molecule has 0 N–H and O–H groups in total. The van der Waals surface area contributed by atoms with E-state index in [-0.39, 0.29) is 10.6 Å². The lowest BCUT2D eigenvalue weighted by Crippen LogP contribution is -2.00. The van der Waals surface area contributed by atoms with Crippen LogP contribution in [0.25, 0.3) is 21.8 Å². The third-order valence-electron chi connectivity index (χ3n) is 4.26. The Kier molecular flexibility index (Phi) is 3.58. The van der Waals surface area contributed by atoms with Crippen LogP contribution in [-0.4, -0.2) is 9.49 Å². The number of benzene rings is 3. The fourth-order valence-electron chi connectivity index (χ4n) is 3.20. The van der Waals surface area contributed by atoms with Gasteiger partial charge in [0.1, 0.15) is 0 Å². The summed E-state index contributed by atoms with van der Waals surface area (Å²) in [5.41, 5.74) is 3.15. The number of nitro benzene ring substituents is 1. The second-order valence-electron chi connectivity index (χ2n) is 5.62. The lowest BCUT2D eigenvalue weighted by molar-refractivity contribution is -0.383. The van der Waals surface area contributed by atoms with Crippen molar-refractivity contribution in [2.75, 3.05) is 0 Å². The van der Waals surface area contributed by atoms with Gasteiger partial charge in [-0.15, -0.1) is 0 Å². The van der Waals surface area contributed by atoms with Crippen LogP contribution in [0.3, 0.4) is 0 Å². The molecule has 0 saturated carbocycles. The standard InChI is InChI=1S/C19H13BrN2O2/c20-15-8-3-1-6-13(15)12-21-16-9-4-2-7-14(16)19-17(21)10-5-11-18(19)22(23)24/h1-11H,12H2. The Labute approximate surface area is 146 Å². The zero-order valence-corrected chi connectivity index (χ0v) is 14.2. The van der Waals surface area contributed by atoms with E-state index in [1.54, 1.807) is 12.1 Å². The molecule has 0 spiro atoms. The van der Waals surface area contributed by atoms with E-state index in [1.807, 2.05) is 48.5 Å². The smallest absolute Gasteiger partial charge is 0.279 e. The first-order chi connectivity index (χ1) is 11.7. The van der Waals surface area contributed by atoms with Crippen LogP contribution in [0.4, 0.5) is 5.69 Å². The summed E-state index contributed by atoms with van der Waals surface area (Å²) in [6.45, 7) is 0.645. The van der Waals surface area contributed by atoms with Gasteiger partial charge in [0, 0.05) is 28.0 Å². The van der Waals surface area contributed by atoms with Crippen molar-refractivity contribution in [3.63, 3.8) is 0 Å². The number of rotatable bonds is 3. The highest BCUT2D eigenvalue weighted by atomic mass is 79.9. The Morgan fingerprint density at radius 1 is 0.917 bits per heavy atom. The van der Waals surface area contributed by atoms with Crippen LogP contribution in [0.1, 0.15) is 5.56 Å². The Hall–Kier alpha value is -2.66. The molecule has 4 rings (SSSR count). The number of nitro groups is 1. The summed E-state index contributed by atoms with van der Waals surface area (Å²) in [6.07, 6.45) is 0. The first kappa shape index (κ1) is 14.9. The summed E-state index contributed by atoms with van der Waals surface area (Å²) in [6, 6.07) is 21.1. The Bertz CT molecular complexity index is 1090. The molecule has 3 aromatic carbocycles. The fourth-order valence-corrected chi connectivity index (χ4v) is 3.61. The maximum Gasteiger partial charge on any atom is 0.279 e. The summed E-state index contributed by atoms with van der Waals surface area (Å²) in [5, 5.41) is 13.1. The van der Waals surface area contributed by atoms with E-state index in [9.17, 15) is 10.1 Å². The van der Waals surface area contributed by atoms with Crippen LogP contribution in [0.15, 0.2) is 71.2 Å². The van der Waals surface area contributed by atoms with Gasteiger partial charge in [-0.1, -0.05) is 58.4 Å². The van der Waals surface area contributed by atoms with Gasteiger partial charge in [-0.25, -0.2) is 0 Å². The SMILES string of the molecule is O=[N+]([O-])c1cccc2c1c1ccccc1n2Cc1ccccc1Br. The molecule has 0 aliphatic carbocycles. The van der Waals surface area contributed by atoms with Crippen LogP contribution in [0, 0.1) is 10.1 Å². The van der Waals surface area contributed by atoms with Crippen molar-refractivity contribution in [1.82, 2.24) is 4.57 Å². The zero-order valence-electron chi connectivity index (χ0n) is 12.6. The molecule has 1 aromatic heterocycles. The van der Waals surface area contributed by atoms with Gasteiger partial charge in [0.25, 0.3) is 5.69 Å². The molecule has 0 aliphatic heterocycles. The normalized spacial score (nSPS) is 11.2. The number of hydrogen-bond donors (Lipinski definition) is 0. The predicted octanol–water partition coefficient (Wildman–Crippen LogP) is 5.51. The molecule has 0 aliphatic rings. The van der Waals surface area contributed by atoms with Gasteiger partial charge in [-0.3, -0.25) is 10.1 Å². The number of halogens is 1. The van der Waals surface area contributed by atoms with Crippen molar-refractivity contribution in [2.24, 2.45) is 0 Å². The summed E-state index contributed by atoms with van der Waals surface area (Å²) in [7, 11) is 0. The minimum atomic E-state index is -0.308. The summed E-state index contributed by atoms with van der Waals surface area (Å²) in [5.74, 6) is 0. The van der Waals surface area contributed by atoms with E-state index in [2.05, 4.69) is 26.6 Å². The molecular formula is C19H13BrN2O2. The van der Waals surface area contributed by atoms with Gasteiger partial charge in [0.05, 0.1) is 15.8 Å². The predicted molar refractivity (Wildman–Crippen MR) is 99.3 cm³/mol. The number of nitrogens with zero attached hydrogens (tertiary/aromatic N) is 2. The first-order valence-corrected chi connectivity index (χ1v) is 8.34. The number of fused-ring (bicyclic) bond motifs is 3. The lowest BCUT2D eigenvalue weighted by atomic mass is 10.1. The van der Waals surface area contributed by atoms with Crippen LogP contribution >= 0.6 is 15.9 Å². The maximum atomic E-state index is 11.5. The number of hydrogen-bond acceptors (Lipinski definition) is 2. The largest absolute Gasteiger partial charge is 0.336 e. The van der Waals surface area contributed by atoms with E-state index in [4.69, 9.17) is 0 Å². The topological polar surface area (TPSA) is 48.1 Å². The second kappa shape index (κ2) is 5.76. The average molecular weight is 381 g/mol. The number of non-ortho nitro benzene ring substituents is 1. The van der Waals surface area contributed by atoms with Gasteiger partial charge >= 0.3 is 0 Å². The van der Waals surface area contributed by atoms with Crippen LogP contribution in [-0.2, 0) is 6.54 Å². The summed E-state index contributed by atoms with van der Waals surface area (Å²) >= 11 is 3.59. The fraction of sp³-hybridized carbons (Fsp3) is 0.0526. The molecule has 4 aromatic rings. The van der Waals surface area contributed by atoms with Gasteiger partial charge in [0.15, 0.2) is 0 Å². The van der Waals surface area contributed by atoms with E-state index in [0.717, 1.165) is 26.5 Å². The molecule has 118 valence electrons. The van der Waals surface area contributed by atoms with Crippen molar-refractivity contribution in [1.29, 1.82) is 0 Å². The molecule has 0 radical (unpaired) electrons. The molecular weight excluding hydrogens is 368 g/mol. The zero-order chi connectivity index (χ0) is 16.7. The average Bonchev–Trinajstić information content (AvgIpc) is 2.91. The molecule has 4 nitrogen and oxygen atoms in total. The maximum absolute atomic E-state index is 11.5. The van der Waals surface area contributed by atoms with E-state index in [0.29, 0.717) is 11.9 Å². The lowest BCUT2D eigenvalue weighted by Gasteiger charge is -2.09. The first-order valence-electron chi connectivity index (χ1n) is 7.54.